The maximum Gasteiger partial charge on any atom is 1.00 e. The summed E-state index contributed by atoms with van der Waals surface area (Å²) in [6.07, 6.45) is 7.28. The van der Waals surface area contributed by atoms with Crippen LogP contribution in [0, 0.1) is 0 Å². The number of phenols is 1. The molecule has 0 aromatic heterocycles. The number of hydrogen-bond donors (Lipinski definition) is 2. The Labute approximate surface area is 252 Å². The molecule has 0 heterocycles. The molecule has 2 N–H and O–H groups in total. The number of phenolic OH excluding ortho intramolecular Hbond substituents is 1. The molecule has 2 aromatic carbocycles. The molecule has 1 aliphatic rings. The molecule has 0 bridgehead atoms. The molecule has 0 atom stereocenters. The zero-order valence-corrected chi connectivity index (χ0v) is 26.4. The third-order valence-electron chi connectivity index (χ3n) is 6.45. The fourth-order valence-electron chi connectivity index (χ4n) is 4.49. The van der Waals surface area contributed by atoms with E-state index in [9.17, 15) is 31.0 Å². The van der Waals surface area contributed by atoms with Crippen LogP contribution in [0.3, 0.4) is 0 Å². The number of nitrogens with zero attached hydrogens (tertiary/aromatic N) is 2. The predicted molar refractivity (Wildman–Crippen MR) is 147 cm³/mol. The minimum atomic E-state index is -5.23. The fourth-order valence-corrected chi connectivity index (χ4v) is 5.85. The van der Waals surface area contributed by atoms with Crippen molar-refractivity contribution in [1.29, 1.82) is 0 Å². The van der Waals surface area contributed by atoms with Crippen molar-refractivity contribution in [3.8, 4) is 5.75 Å². The molecule has 39 heavy (non-hydrogen) atoms. The Hall–Kier alpha value is -2.25. The van der Waals surface area contributed by atoms with Gasteiger partial charge in [0.15, 0.2) is 5.71 Å². The van der Waals surface area contributed by atoms with E-state index < -0.39 is 35.8 Å². The first-order valence-electron chi connectivity index (χ1n) is 12.2. The van der Waals surface area contributed by atoms with E-state index in [2.05, 4.69) is 9.48 Å². The summed E-state index contributed by atoms with van der Waals surface area (Å²) in [4.78, 5) is 0.185. The molecule has 3 rings (SSSR count). The predicted octanol–water partition coefficient (Wildman–Crippen LogP) is 0.814. The van der Waals surface area contributed by atoms with Crippen LogP contribution in [0.4, 0.5) is 5.69 Å². The SMILES string of the molecule is CCN(CC)c1ccc(C(=C2C=CC(=[N+](CC)CC)C=C2)c2cc(O)c(S(=O)(=O)O)cc2S(=O)(=O)[O-])cc1.[Na+]. The smallest absolute Gasteiger partial charge is 0.744 e. The minimum absolute atomic E-state index is 0. The van der Waals surface area contributed by atoms with Gasteiger partial charge in [0.2, 0.25) is 0 Å². The number of benzene rings is 2. The summed E-state index contributed by atoms with van der Waals surface area (Å²) in [7, 11) is -10.2. The van der Waals surface area contributed by atoms with Crippen LogP contribution in [0.25, 0.3) is 5.57 Å². The van der Waals surface area contributed by atoms with Gasteiger partial charge in [-0.25, -0.2) is 13.0 Å². The molecule has 0 saturated heterocycles. The second-order valence-electron chi connectivity index (χ2n) is 8.56. The second-order valence-corrected chi connectivity index (χ2v) is 11.3. The molecule has 2 aromatic rings. The van der Waals surface area contributed by atoms with Gasteiger partial charge in [0.25, 0.3) is 10.1 Å². The average molecular weight is 584 g/mol. The first kappa shape index (κ1) is 33.0. The third kappa shape index (κ3) is 7.49. The molecule has 12 heteroatoms. The monoisotopic (exact) mass is 583 g/mol. The van der Waals surface area contributed by atoms with Crippen LogP contribution in [0.15, 0.2) is 76.1 Å². The Balaban J connectivity index is 0.00000533. The summed E-state index contributed by atoms with van der Waals surface area (Å²) >= 11 is 0. The van der Waals surface area contributed by atoms with Crippen molar-refractivity contribution in [2.45, 2.75) is 37.5 Å². The topological polar surface area (TPSA) is 138 Å². The molecular formula is C27H32N2NaO7S2+. The van der Waals surface area contributed by atoms with E-state index in [-0.39, 0.29) is 35.1 Å². The van der Waals surface area contributed by atoms with Gasteiger partial charge < -0.3 is 14.6 Å². The number of aromatic hydroxyl groups is 1. The van der Waals surface area contributed by atoms with Crippen molar-refractivity contribution in [1.82, 2.24) is 0 Å². The quantitative estimate of drug-likeness (QED) is 0.251. The van der Waals surface area contributed by atoms with E-state index >= 15 is 0 Å². The summed E-state index contributed by atoms with van der Waals surface area (Å²) in [5.74, 6) is -0.882. The van der Waals surface area contributed by atoms with Crippen molar-refractivity contribution >= 4 is 37.2 Å². The summed E-state index contributed by atoms with van der Waals surface area (Å²) in [6, 6.07) is 8.66. The largest absolute Gasteiger partial charge is 1.00 e. The van der Waals surface area contributed by atoms with Crippen LogP contribution < -0.4 is 34.5 Å². The van der Waals surface area contributed by atoms with Gasteiger partial charge in [0.1, 0.15) is 33.9 Å². The zero-order valence-electron chi connectivity index (χ0n) is 22.7. The molecule has 0 unspecified atom stereocenters. The van der Waals surface area contributed by atoms with Crippen LogP contribution in [0.2, 0.25) is 0 Å². The summed E-state index contributed by atoms with van der Waals surface area (Å²) < 4.78 is 72.1. The molecule has 0 spiro atoms. The Morgan fingerprint density at radius 1 is 0.872 bits per heavy atom. The van der Waals surface area contributed by atoms with Crippen LogP contribution in [0.1, 0.15) is 38.8 Å². The van der Waals surface area contributed by atoms with Gasteiger partial charge in [-0.05, 0) is 80.8 Å². The van der Waals surface area contributed by atoms with Crippen molar-refractivity contribution < 1.29 is 65.2 Å². The second kappa shape index (κ2) is 13.4. The van der Waals surface area contributed by atoms with Crippen molar-refractivity contribution in [2.75, 3.05) is 31.1 Å². The number of rotatable bonds is 9. The maximum atomic E-state index is 12.3. The molecule has 1 aliphatic carbocycles. The summed E-state index contributed by atoms with van der Waals surface area (Å²) in [6.45, 7) is 11.2. The van der Waals surface area contributed by atoms with Gasteiger partial charge in [-0.1, -0.05) is 12.1 Å². The van der Waals surface area contributed by atoms with Crippen molar-refractivity contribution in [2.24, 2.45) is 0 Å². The van der Waals surface area contributed by atoms with E-state index in [1.165, 1.54) is 0 Å². The summed E-state index contributed by atoms with van der Waals surface area (Å²) in [5.41, 5.74) is 3.08. The Morgan fingerprint density at radius 3 is 1.85 bits per heavy atom. The number of hydrogen-bond acceptors (Lipinski definition) is 7. The van der Waals surface area contributed by atoms with Gasteiger partial charge >= 0.3 is 29.6 Å². The zero-order chi connectivity index (χ0) is 28.3. The van der Waals surface area contributed by atoms with Gasteiger partial charge in [-0.15, -0.1) is 0 Å². The molecule has 0 radical (unpaired) electrons. The average Bonchev–Trinajstić information content (AvgIpc) is 2.86. The normalized spacial score (nSPS) is 13.3. The standard InChI is InChI=1S/C27H32N2O7S2.Na/c1-5-28(6-2)21-13-9-19(10-14-21)27(20-11-15-22(16-12-20)29(7-3)8-4)23-17-24(30)26(38(34,35)36)18-25(23)37(31,32)33;/h9-18H,5-8H2,1-4H3,(H2-,30,31,32,33,34,35,36);/q;+1. The van der Waals surface area contributed by atoms with Crippen LogP contribution in [-0.4, -0.2) is 67.5 Å². The molecular weight excluding hydrogens is 551 g/mol. The molecule has 0 amide bonds. The fraction of sp³-hybridized carbons (Fsp3) is 0.296. The van der Waals surface area contributed by atoms with E-state index in [1.807, 2.05) is 52.0 Å². The molecule has 0 aliphatic heterocycles. The van der Waals surface area contributed by atoms with Crippen molar-refractivity contribution in [3.63, 3.8) is 0 Å². The molecule has 0 saturated carbocycles. The molecule has 204 valence electrons. The Kier molecular flexibility index (Phi) is 11.3. The Morgan fingerprint density at radius 2 is 1.41 bits per heavy atom. The van der Waals surface area contributed by atoms with Gasteiger partial charge in [0.05, 0.1) is 4.90 Å². The van der Waals surface area contributed by atoms with Gasteiger partial charge in [-0.3, -0.25) is 4.55 Å². The molecule has 9 nitrogen and oxygen atoms in total. The first-order chi connectivity index (χ1) is 17.8. The minimum Gasteiger partial charge on any atom is -0.744 e. The number of anilines is 1. The third-order valence-corrected chi connectivity index (χ3v) is 8.21. The van der Waals surface area contributed by atoms with Crippen LogP contribution in [0.5, 0.6) is 5.75 Å². The Bertz CT molecular complexity index is 1530. The maximum absolute atomic E-state index is 12.3. The van der Waals surface area contributed by atoms with Gasteiger partial charge in [0, 0.05) is 36.5 Å². The van der Waals surface area contributed by atoms with Crippen LogP contribution >= 0.6 is 0 Å². The van der Waals surface area contributed by atoms with E-state index in [4.69, 9.17) is 0 Å². The first-order valence-corrected chi connectivity index (χ1v) is 15.1. The molecule has 0 fully saturated rings. The van der Waals surface area contributed by atoms with Crippen molar-refractivity contribution in [3.05, 3.63) is 77.4 Å². The van der Waals surface area contributed by atoms with E-state index in [0.717, 1.165) is 43.6 Å². The van der Waals surface area contributed by atoms with E-state index in [0.29, 0.717) is 22.8 Å². The van der Waals surface area contributed by atoms with Crippen LogP contribution in [-0.2, 0) is 20.2 Å². The number of allylic oxidation sites excluding steroid dienone is 5. The summed E-state index contributed by atoms with van der Waals surface area (Å²) in [5, 5.41) is 10.5. The van der Waals surface area contributed by atoms with E-state index in [1.54, 1.807) is 24.3 Å². The van der Waals surface area contributed by atoms with Gasteiger partial charge in [-0.2, -0.15) is 8.42 Å².